The molecule has 134 valence electrons. The molecule has 1 saturated carbocycles. The molecule has 0 radical (unpaired) electrons. The Kier molecular flexibility index (Phi) is 5.65. The van der Waals surface area contributed by atoms with Gasteiger partial charge in [-0.3, -0.25) is 4.90 Å². The smallest absolute Gasteiger partial charge is 0.315 e. The Bertz CT molecular complexity index is 683. The molecule has 1 fully saturated rings. The number of rotatable bonds is 8. The normalized spacial score (nSPS) is 15.2. The molecule has 3 rings (SSSR count). The van der Waals surface area contributed by atoms with Crippen LogP contribution in [0.5, 0.6) is 0 Å². The Morgan fingerprint density at radius 3 is 2.76 bits per heavy atom. The maximum absolute atomic E-state index is 12.1. The van der Waals surface area contributed by atoms with Gasteiger partial charge in [0.15, 0.2) is 0 Å². The van der Waals surface area contributed by atoms with E-state index >= 15 is 0 Å². The number of nitrogens with one attached hydrogen (secondary N) is 2. The standard InChI is InChI=1S/C18H26N6O/c1-14(23(2)17-7-8-17)9-20-18(25)21-10-15-5-3-4-6-16(15)11-24-13-19-12-22-24/h3-6,12-14,17H,7-11H2,1-2H3,(H2,20,21,25)/t14-/m0/s1. The molecule has 1 aliphatic carbocycles. The number of hydrogen-bond acceptors (Lipinski definition) is 4. The monoisotopic (exact) mass is 342 g/mol. The van der Waals surface area contributed by atoms with E-state index in [-0.39, 0.29) is 6.03 Å². The molecule has 0 spiro atoms. The summed E-state index contributed by atoms with van der Waals surface area (Å²) in [4.78, 5) is 18.4. The summed E-state index contributed by atoms with van der Waals surface area (Å²) >= 11 is 0. The van der Waals surface area contributed by atoms with E-state index in [0.717, 1.165) is 11.1 Å². The molecular weight excluding hydrogens is 316 g/mol. The third-order valence-corrected chi connectivity index (χ3v) is 4.73. The SMILES string of the molecule is C[C@@H](CNC(=O)NCc1ccccc1Cn1cncn1)N(C)C1CC1. The van der Waals surface area contributed by atoms with Gasteiger partial charge in [0, 0.05) is 25.2 Å². The average Bonchev–Trinajstić information content (AvgIpc) is 3.35. The number of benzene rings is 1. The van der Waals surface area contributed by atoms with Crippen LogP contribution in [0.15, 0.2) is 36.9 Å². The largest absolute Gasteiger partial charge is 0.337 e. The van der Waals surface area contributed by atoms with Crippen molar-refractivity contribution in [3.63, 3.8) is 0 Å². The molecule has 1 aromatic heterocycles. The zero-order valence-electron chi connectivity index (χ0n) is 14.9. The van der Waals surface area contributed by atoms with Crippen molar-refractivity contribution in [3.05, 3.63) is 48.0 Å². The quantitative estimate of drug-likeness (QED) is 0.764. The minimum atomic E-state index is -0.133. The van der Waals surface area contributed by atoms with E-state index in [1.165, 1.54) is 19.2 Å². The van der Waals surface area contributed by atoms with E-state index in [4.69, 9.17) is 0 Å². The Labute approximate surface area is 148 Å². The zero-order chi connectivity index (χ0) is 17.6. The first-order valence-electron chi connectivity index (χ1n) is 8.76. The van der Waals surface area contributed by atoms with Gasteiger partial charge in [0.1, 0.15) is 12.7 Å². The maximum atomic E-state index is 12.1. The molecule has 1 aliphatic rings. The number of amides is 2. The minimum Gasteiger partial charge on any atom is -0.337 e. The Balaban J connectivity index is 1.47. The second-order valence-electron chi connectivity index (χ2n) is 6.67. The summed E-state index contributed by atoms with van der Waals surface area (Å²) in [6.45, 7) is 3.93. The lowest BCUT2D eigenvalue weighted by atomic mass is 10.1. The fourth-order valence-corrected chi connectivity index (χ4v) is 2.84. The van der Waals surface area contributed by atoms with Crippen molar-refractivity contribution in [1.82, 2.24) is 30.3 Å². The minimum absolute atomic E-state index is 0.133. The van der Waals surface area contributed by atoms with Crippen molar-refractivity contribution in [2.75, 3.05) is 13.6 Å². The highest BCUT2D eigenvalue weighted by Gasteiger charge is 2.29. The summed E-state index contributed by atoms with van der Waals surface area (Å²) in [6, 6.07) is 8.95. The van der Waals surface area contributed by atoms with Crippen LogP contribution in [0.25, 0.3) is 0 Å². The second kappa shape index (κ2) is 8.11. The van der Waals surface area contributed by atoms with Crippen LogP contribution in [0.3, 0.4) is 0 Å². The van der Waals surface area contributed by atoms with Crippen molar-refractivity contribution >= 4 is 6.03 Å². The third kappa shape index (κ3) is 5.03. The molecule has 1 aromatic carbocycles. The van der Waals surface area contributed by atoms with Gasteiger partial charge in [0.2, 0.25) is 0 Å². The zero-order valence-corrected chi connectivity index (χ0v) is 14.9. The first-order chi connectivity index (χ1) is 12.1. The number of urea groups is 1. The molecular formula is C18H26N6O. The second-order valence-corrected chi connectivity index (χ2v) is 6.67. The van der Waals surface area contributed by atoms with Gasteiger partial charge in [0.25, 0.3) is 0 Å². The van der Waals surface area contributed by atoms with Gasteiger partial charge in [-0.15, -0.1) is 0 Å². The molecule has 2 aromatic rings. The lowest BCUT2D eigenvalue weighted by molar-refractivity contribution is 0.222. The first kappa shape index (κ1) is 17.4. The Hall–Kier alpha value is -2.41. The summed E-state index contributed by atoms with van der Waals surface area (Å²) < 4.78 is 1.77. The maximum Gasteiger partial charge on any atom is 0.315 e. The van der Waals surface area contributed by atoms with Crippen LogP contribution >= 0.6 is 0 Å². The molecule has 2 amide bonds. The van der Waals surface area contributed by atoms with Gasteiger partial charge >= 0.3 is 6.03 Å². The van der Waals surface area contributed by atoms with Crippen LogP contribution in [0.4, 0.5) is 4.79 Å². The summed E-state index contributed by atoms with van der Waals surface area (Å²) in [7, 11) is 2.13. The molecule has 1 heterocycles. The van der Waals surface area contributed by atoms with Gasteiger partial charge in [-0.1, -0.05) is 24.3 Å². The number of likely N-dealkylation sites (N-methyl/N-ethyl adjacent to an activating group) is 1. The van der Waals surface area contributed by atoms with Gasteiger partial charge in [0.05, 0.1) is 6.54 Å². The predicted octanol–water partition coefficient (Wildman–Crippen LogP) is 1.61. The van der Waals surface area contributed by atoms with Crippen molar-refractivity contribution in [2.24, 2.45) is 0 Å². The molecule has 7 heteroatoms. The highest BCUT2D eigenvalue weighted by atomic mass is 16.2. The van der Waals surface area contributed by atoms with Crippen molar-refractivity contribution in [1.29, 1.82) is 0 Å². The Morgan fingerprint density at radius 2 is 2.08 bits per heavy atom. The molecule has 0 unspecified atom stereocenters. The van der Waals surface area contributed by atoms with E-state index in [9.17, 15) is 4.79 Å². The Morgan fingerprint density at radius 1 is 1.32 bits per heavy atom. The van der Waals surface area contributed by atoms with E-state index in [1.54, 1.807) is 11.0 Å². The van der Waals surface area contributed by atoms with Gasteiger partial charge in [-0.2, -0.15) is 5.10 Å². The lowest BCUT2D eigenvalue weighted by Gasteiger charge is -2.24. The molecule has 1 atom stereocenters. The van der Waals surface area contributed by atoms with Crippen molar-refractivity contribution in [2.45, 2.75) is 44.9 Å². The highest BCUT2D eigenvalue weighted by molar-refractivity contribution is 5.73. The van der Waals surface area contributed by atoms with E-state index in [2.05, 4.69) is 39.6 Å². The molecule has 7 nitrogen and oxygen atoms in total. The number of carbonyl (C=O) groups excluding carboxylic acids is 1. The molecule has 25 heavy (non-hydrogen) atoms. The van der Waals surface area contributed by atoms with Crippen molar-refractivity contribution < 1.29 is 4.79 Å². The third-order valence-electron chi connectivity index (χ3n) is 4.73. The molecule has 2 N–H and O–H groups in total. The van der Waals surface area contributed by atoms with E-state index in [1.807, 2.05) is 24.3 Å². The fraction of sp³-hybridized carbons (Fsp3) is 0.500. The van der Waals surface area contributed by atoms with Crippen molar-refractivity contribution in [3.8, 4) is 0 Å². The van der Waals surface area contributed by atoms with Gasteiger partial charge < -0.3 is 10.6 Å². The van der Waals surface area contributed by atoms with Crippen LogP contribution in [0.1, 0.15) is 30.9 Å². The topological polar surface area (TPSA) is 75.1 Å². The highest BCUT2D eigenvalue weighted by Crippen LogP contribution is 2.26. The number of carbonyl (C=O) groups is 1. The summed E-state index contributed by atoms with van der Waals surface area (Å²) in [6.07, 6.45) is 5.76. The van der Waals surface area contributed by atoms with Crippen LogP contribution in [-0.4, -0.2) is 51.4 Å². The predicted molar refractivity (Wildman–Crippen MR) is 96.1 cm³/mol. The molecule has 0 aliphatic heterocycles. The van der Waals surface area contributed by atoms with Crippen LogP contribution in [0.2, 0.25) is 0 Å². The lowest BCUT2D eigenvalue weighted by Crippen LogP contribution is -2.44. The van der Waals surface area contributed by atoms with Crippen LogP contribution < -0.4 is 10.6 Å². The van der Waals surface area contributed by atoms with E-state index < -0.39 is 0 Å². The van der Waals surface area contributed by atoms with Gasteiger partial charge in [-0.05, 0) is 37.9 Å². The molecule has 0 saturated heterocycles. The van der Waals surface area contributed by atoms with E-state index in [0.29, 0.717) is 31.7 Å². The summed E-state index contributed by atoms with van der Waals surface area (Å²) in [5, 5.41) is 10.0. The van der Waals surface area contributed by atoms with Crippen LogP contribution in [0, 0.1) is 0 Å². The average molecular weight is 342 g/mol. The fourth-order valence-electron chi connectivity index (χ4n) is 2.84. The summed E-state index contributed by atoms with van der Waals surface area (Å²) in [5.41, 5.74) is 2.20. The first-order valence-corrected chi connectivity index (χ1v) is 8.76. The van der Waals surface area contributed by atoms with Crippen LogP contribution in [-0.2, 0) is 13.1 Å². The number of aromatic nitrogens is 3. The number of nitrogens with zero attached hydrogens (tertiary/aromatic N) is 4. The van der Waals surface area contributed by atoms with Gasteiger partial charge in [-0.25, -0.2) is 14.5 Å². The number of hydrogen-bond donors (Lipinski definition) is 2. The molecule has 0 bridgehead atoms. The summed E-state index contributed by atoms with van der Waals surface area (Å²) in [5.74, 6) is 0.